The van der Waals surface area contributed by atoms with Crippen molar-refractivity contribution < 1.29 is 23.5 Å². The van der Waals surface area contributed by atoms with Crippen molar-refractivity contribution in [2.75, 3.05) is 25.9 Å². The molecule has 3 aliphatic rings. The lowest BCUT2D eigenvalue weighted by Crippen LogP contribution is -2.55. The number of rotatable bonds is 5. The minimum atomic E-state index is -0.755. The molecule has 0 aromatic heterocycles. The number of hydrogen-bond acceptors (Lipinski definition) is 6. The Balaban J connectivity index is 0.000000427. The Morgan fingerprint density at radius 2 is 2.11 bits per heavy atom. The average molecular weight is 546 g/mol. The number of hydrogen-bond donors (Lipinski definition) is 1. The van der Waals surface area contributed by atoms with Crippen LogP contribution in [0.1, 0.15) is 58.6 Å². The van der Waals surface area contributed by atoms with Crippen LogP contribution in [0.25, 0.3) is 0 Å². The van der Waals surface area contributed by atoms with Gasteiger partial charge in [-0.15, -0.1) is 0 Å². The highest BCUT2D eigenvalue weighted by molar-refractivity contribution is 8.13. The molecule has 1 amide bonds. The second-order valence-corrected chi connectivity index (χ2v) is 12.0. The van der Waals surface area contributed by atoms with E-state index in [4.69, 9.17) is 9.47 Å². The summed E-state index contributed by atoms with van der Waals surface area (Å²) in [5.41, 5.74) is 0.921. The van der Waals surface area contributed by atoms with Gasteiger partial charge in [-0.25, -0.2) is 9.18 Å². The number of carbonyl (C=O) groups is 2. The van der Waals surface area contributed by atoms with Gasteiger partial charge in [0.05, 0.1) is 24.8 Å². The zero-order chi connectivity index (χ0) is 27.9. The van der Waals surface area contributed by atoms with Crippen molar-refractivity contribution in [3.63, 3.8) is 0 Å². The largest absolute Gasteiger partial charge is 0.444 e. The molecule has 2 unspecified atom stereocenters. The maximum absolute atomic E-state index is 15.2. The van der Waals surface area contributed by atoms with Crippen LogP contribution >= 0.6 is 11.8 Å². The summed E-state index contributed by atoms with van der Waals surface area (Å²) in [4.78, 5) is 28.8. The lowest BCUT2D eigenvalue weighted by atomic mass is 9.80. The van der Waals surface area contributed by atoms with Gasteiger partial charge in [-0.05, 0) is 65.2 Å². The van der Waals surface area contributed by atoms with Gasteiger partial charge >= 0.3 is 6.09 Å². The highest BCUT2D eigenvalue weighted by Gasteiger charge is 2.53. The number of amides is 1. The number of benzene rings is 1. The first-order chi connectivity index (χ1) is 18.0. The van der Waals surface area contributed by atoms with Crippen LogP contribution in [0, 0.1) is 11.7 Å². The van der Waals surface area contributed by atoms with Gasteiger partial charge in [-0.1, -0.05) is 36.1 Å². The average Bonchev–Trinajstić information content (AvgIpc) is 3.28. The second-order valence-electron chi connectivity index (χ2n) is 11.0. The molecular formula is C29H40FN3O4S. The van der Waals surface area contributed by atoms with Gasteiger partial charge in [0.2, 0.25) is 0 Å². The summed E-state index contributed by atoms with van der Waals surface area (Å²) >= 11 is 1.60. The Hall–Kier alpha value is -2.65. The molecule has 1 aromatic rings. The number of aliphatic imine (C=N–C) groups is 1. The predicted molar refractivity (Wildman–Crippen MR) is 151 cm³/mol. The molecule has 2 aliphatic heterocycles. The Morgan fingerprint density at radius 1 is 1.34 bits per heavy atom. The summed E-state index contributed by atoms with van der Waals surface area (Å²) in [6, 6.07) is 5.10. The van der Waals surface area contributed by atoms with E-state index in [1.54, 1.807) is 29.8 Å². The molecule has 1 aromatic carbocycles. The zero-order valence-electron chi connectivity index (χ0n) is 23.3. The molecule has 1 N–H and O–H groups in total. The van der Waals surface area contributed by atoms with Gasteiger partial charge in [0.15, 0.2) is 5.17 Å². The Kier molecular flexibility index (Phi) is 10.2. The zero-order valence-corrected chi connectivity index (χ0v) is 24.1. The number of halogens is 1. The number of amidine groups is 1. The van der Waals surface area contributed by atoms with E-state index in [-0.39, 0.29) is 23.9 Å². The van der Waals surface area contributed by atoms with E-state index in [0.29, 0.717) is 25.3 Å². The Bertz CT molecular complexity index is 1100. The molecule has 208 valence electrons. The van der Waals surface area contributed by atoms with Gasteiger partial charge in [0.25, 0.3) is 0 Å². The van der Waals surface area contributed by atoms with E-state index in [1.807, 2.05) is 58.9 Å². The van der Waals surface area contributed by atoms with E-state index in [1.165, 1.54) is 6.07 Å². The molecule has 0 radical (unpaired) electrons. The van der Waals surface area contributed by atoms with E-state index < -0.39 is 11.1 Å². The fourth-order valence-corrected chi connectivity index (χ4v) is 5.74. The first-order valence-electron chi connectivity index (χ1n) is 13.1. The fraction of sp³-hybridized carbons (Fsp3) is 0.552. The van der Waals surface area contributed by atoms with Crippen molar-refractivity contribution in [3.05, 3.63) is 58.9 Å². The molecule has 2 atom stereocenters. The van der Waals surface area contributed by atoms with E-state index in [2.05, 4.69) is 10.3 Å². The Morgan fingerprint density at radius 3 is 2.68 bits per heavy atom. The number of fused-ring (bicyclic) bond motifs is 1. The first-order valence-corrected chi connectivity index (χ1v) is 14.0. The number of nitrogens with zero attached hydrogens (tertiary/aromatic N) is 2. The van der Waals surface area contributed by atoms with Crippen molar-refractivity contribution in [1.29, 1.82) is 0 Å². The molecule has 9 heteroatoms. The summed E-state index contributed by atoms with van der Waals surface area (Å²) in [5.74, 6) is 0.468. The molecule has 38 heavy (non-hydrogen) atoms. The molecule has 7 nitrogen and oxygen atoms in total. The minimum Gasteiger partial charge on any atom is -0.444 e. The van der Waals surface area contributed by atoms with Crippen LogP contribution in [-0.2, 0) is 26.4 Å². The second kappa shape index (κ2) is 12.9. The van der Waals surface area contributed by atoms with Crippen LogP contribution in [-0.4, -0.2) is 60.0 Å². The number of ether oxygens (including phenoxy) is 2. The predicted octanol–water partition coefficient (Wildman–Crippen LogP) is 5.60. The van der Waals surface area contributed by atoms with Crippen LogP contribution in [0.5, 0.6) is 0 Å². The third kappa shape index (κ3) is 7.69. The van der Waals surface area contributed by atoms with Gasteiger partial charge in [-0.2, -0.15) is 0 Å². The van der Waals surface area contributed by atoms with E-state index in [0.717, 1.165) is 41.2 Å². The monoisotopic (exact) mass is 545 g/mol. The quantitative estimate of drug-likeness (QED) is 0.486. The number of carbonyl (C=O) groups excluding carboxylic acids is 2. The van der Waals surface area contributed by atoms with Gasteiger partial charge in [0, 0.05) is 36.4 Å². The number of likely N-dealkylation sites (tertiary alicyclic amines) is 1. The van der Waals surface area contributed by atoms with Crippen molar-refractivity contribution in [3.8, 4) is 0 Å². The fourth-order valence-electron chi connectivity index (χ4n) is 4.61. The lowest BCUT2D eigenvalue weighted by Gasteiger charge is -2.41. The molecule has 1 aliphatic carbocycles. The number of nitrogens with one attached hydrogen (secondary N) is 1. The third-order valence-corrected chi connectivity index (χ3v) is 7.57. The van der Waals surface area contributed by atoms with Crippen LogP contribution in [0.2, 0.25) is 0 Å². The summed E-state index contributed by atoms with van der Waals surface area (Å²) in [6.07, 6.45) is 8.52. The van der Waals surface area contributed by atoms with Gasteiger partial charge < -0.3 is 19.7 Å². The maximum Gasteiger partial charge on any atom is 0.410 e. The van der Waals surface area contributed by atoms with Crippen LogP contribution < -0.4 is 5.32 Å². The summed E-state index contributed by atoms with van der Waals surface area (Å²) in [7, 11) is 1.72. The molecular weight excluding hydrogens is 505 g/mol. The third-order valence-electron chi connectivity index (χ3n) is 6.44. The highest BCUT2D eigenvalue weighted by Crippen LogP contribution is 2.44. The van der Waals surface area contributed by atoms with Crippen molar-refractivity contribution in [2.45, 2.75) is 71.3 Å². The van der Waals surface area contributed by atoms with Crippen molar-refractivity contribution in [1.82, 2.24) is 10.2 Å². The van der Waals surface area contributed by atoms with Crippen molar-refractivity contribution in [2.24, 2.45) is 10.9 Å². The highest BCUT2D eigenvalue weighted by atomic mass is 32.2. The number of allylic oxidation sites excluding steroid dienone is 4. The van der Waals surface area contributed by atoms with E-state index in [9.17, 15) is 9.59 Å². The summed E-state index contributed by atoms with van der Waals surface area (Å²) < 4.78 is 26.5. The van der Waals surface area contributed by atoms with E-state index >= 15 is 4.39 Å². The molecule has 2 saturated heterocycles. The van der Waals surface area contributed by atoms with Crippen LogP contribution in [0.15, 0.2) is 47.0 Å². The maximum atomic E-state index is 15.2. The molecule has 2 fully saturated rings. The first kappa shape index (κ1) is 29.9. The minimum absolute atomic E-state index is 0.0243. The molecule has 0 spiro atoms. The number of thioether (sulfide) groups is 1. The summed E-state index contributed by atoms with van der Waals surface area (Å²) in [5, 5.41) is 4.21. The standard InChI is InChI=1S/C22H32FN3O3S.C7H8O/c1-14(2)28-11-15-7-8-18(23)17(9-15)22-13-26(20(27)29-21(3,4)5)10-16(22)12-30-19(24-6)25-22;8-6-7-4-2-1-3-5-7/h7-9,14,16H,10-13H2,1-6H3,(H,24,25);2,4-6H,1,3H2. The topological polar surface area (TPSA) is 80.2 Å². The van der Waals surface area contributed by atoms with Gasteiger partial charge in [0.1, 0.15) is 17.7 Å². The van der Waals surface area contributed by atoms with Gasteiger partial charge in [-0.3, -0.25) is 9.79 Å². The Labute approximate surface area is 229 Å². The normalized spacial score (nSPS) is 23.8. The van der Waals surface area contributed by atoms with Crippen molar-refractivity contribution >= 4 is 29.3 Å². The number of aldehydes is 1. The van der Waals surface area contributed by atoms with Crippen LogP contribution in [0.4, 0.5) is 9.18 Å². The lowest BCUT2D eigenvalue weighted by molar-refractivity contribution is -0.104. The smallest absolute Gasteiger partial charge is 0.410 e. The SMILES string of the molecule is CN=C1NC2(c3cc(COC(C)C)ccc3F)CN(C(=O)OC(C)(C)C)CC2CS1.O=CC1=CCCC=C1. The summed E-state index contributed by atoms with van der Waals surface area (Å²) in [6.45, 7) is 10.7. The molecule has 0 saturated carbocycles. The molecule has 2 heterocycles. The molecule has 0 bridgehead atoms. The molecule has 4 rings (SSSR count). The van der Waals surface area contributed by atoms with Crippen LogP contribution in [0.3, 0.4) is 0 Å².